The first kappa shape index (κ1) is 19.2. The van der Waals surface area contributed by atoms with Crippen LogP contribution < -0.4 is 5.32 Å². The third-order valence-corrected chi connectivity index (χ3v) is 6.95. The lowest BCUT2D eigenvalue weighted by molar-refractivity contribution is 0.0527. The Hall–Kier alpha value is -2.14. The van der Waals surface area contributed by atoms with Gasteiger partial charge in [-0.2, -0.15) is 0 Å². The van der Waals surface area contributed by atoms with Crippen LogP contribution in [0.2, 0.25) is 0 Å². The van der Waals surface area contributed by atoms with Crippen LogP contribution in [0.15, 0.2) is 18.2 Å². The molecule has 1 amide bonds. The number of hydrogen-bond donors (Lipinski definition) is 1. The number of hydrogen-bond acceptors (Lipinski definition) is 4. The fourth-order valence-electron chi connectivity index (χ4n) is 4.30. The van der Waals surface area contributed by atoms with Crippen molar-refractivity contribution >= 4 is 28.2 Å². The lowest BCUT2D eigenvalue weighted by Crippen LogP contribution is -2.16. The maximum absolute atomic E-state index is 13.0. The molecule has 0 saturated carbocycles. The maximum atomic E-state index is 13.0. The Labute approximate surface area is 170 Å². The summed E-state index contributed by atoms with van der Waals surface area (Å²) in [5.74, 6) is -0.460. The molecule has 0 atom stereocenters. The molecule has 0 fully saturated rings. The van der Waals surface area contributed by atoms with Gasteiger partial charge in [0.1, 0.15) is 5.00 Å². The number of thiophene rings is 1. The fourth-order valence-corrected chi connectivity index (χ4v) is 5.57. The Morgan fingerprint density at radius 2 is 1.75 bits per heavy atom. The number of fused-ring (bicyclic) bond motifs is 2. The largest absolute Gasteiger partial charge is 0.462 e. The van der Waals surface area contributed by atoms with Gasteiger partial charge in [-0.05, 0) is 87.1 Å². The normalized spacial score (nSPS) is 15.9. The average molecular weight is 398 g/mol. The molecule has 0 unspecified atom stereocenters. The zero-order valence-electron chi connectivity index (χ0n) is 16.4. The number of esters is 1. The summed E-state index contributed by atoms with van der Waals surface area (Å²) in [4.78, 5) is 26.8. The summed E-state index contributed by atoms with van der Waals surface area (Å²) in [5.41, 5.74) is 4.97. The molecule has 0 radical (unpaired) electrons. The smallest absolute Gasteiger partial charge is 0.341 e. The molecule has 148 valence electrons. The van der Waals surface area contributed by atoms with E-state index in [1.54, 1.807) is 11.3 Å². The Kier molecular flexibility index (Phi) is 5.81. The predicted molar refractivity (Wildman–Crippen MR) is 113 cm³/mol. The molecule has 5 heteroatoms. The number of anilines is 1. The van der Waals surface area contributed by atoms with Crippen molar-refractivity contribution in [3.05, 3.63) is 50.9 Å². The topological polar surface area (TPSA) is 55.4 Å². The van der Waals surface area contributed by atoms with E-state index in [1.165, 1.54) is 35.3 Å². The monoisotopic (exact) mass is 397 g/mol. The number of ether oxygens (including phenoxy) is 1. The average Bonchev–Trinajstić information content (AvgIpc) is 2.88. The van der Waals surface area contributed by atoms with Crippen molar-refractivity contribution in [1.29, 1.82) is 0 Å². The highest BCUT2D eigenvalue weighted by molar-refractivity contribution is 7.17. The van der Waals surface area contributed by atoms with Crippen LogP contribution >= 0.6 is 11.3 Å². The molecule has 1 heterocycles. The molecule has 1 aromatic heterocycles. The first-order chi connectivity index (χ1) is 13.7. The number of nitrogens with one attached hydrogen (secondary N) is 1. The highest BCUT2D eigenvalue weighted by Crippen LogP contribution is 2.38. The summed E-state index contributed by atoms with van der Waals surface area (Å²) < 4.78 is 5.31. The van der Waals surface area contributed by atoms with E-state index in [0.717, 1.165) is 44.1 Å². The minimum atomic E-state index is -0.317. The van der Waals surface area contributed by atoms with E-state index < -0.39 is 0 Å². The van der Waals surface area contributed by atoms with Gasteiger partial charge in [-0.3, -0.25) is 4.79 Å². The molecule has 4 nitrogen and oxygen atoms in total. The summed E-state index contributed by atoms with van der Waals surface area (Å²) in [5, 5.41) is 3.68. The second-order valence-electron chi connectivity index (χ2n) is 7.63. The summed E-state index contributed by atoms with van der Waals surface area (Å²) in [7, 11) is 0. The van der Waals surface area contributed by atoms with Gasteiger partial charge < -0.3 is 10.1 Å². The van der Waals surface area contributed by atoms with E-state index in [2.05, 4.69) is 11.4 Å². The van der Waals surface area contributed by atoms with E-state index in [1.807, 2.05) is 19.1 Å². The van der Waals surface area contributed by atoms with Gasteiger partial charge in [0.05, 0.1) is 12.2 Å². The van der Waals surface area contributed by atoms with Crippen molar-refractivity contribution in [1.82, 2.24) is 0 Å². The van der Waals surface area contributed by atoms with E-state index in [-0.39, 0.29) is 11.9 Å². The zero-order valence-corrected chi connectivity index (χ0v) is 17.3. The van der Waals surface area contributed by atoms with Gasteiger partial charge in [-0.1, -0.05) is 12.5 Å². The third-order valence-electron chi connectivity index (χ3n) is 5.74. The number of rotatable bonds is 4. The molecule has 2 aliphatic rings. The van der Waals surface area contributed by atoms with Gasteiger partial charge in [-0.15, -0.1) is 11.3 Å². The molecule has 28 heavy (non-hydrogen) atoms. The lowest BCUT2D eigenvalue weighted by atomic mass is 9.90. The second kappa shape index (κ2) is 8.48. The van der Waals surface area contributed by atoms with Gasteiger partial charge in [0.2, 0.25) is 0 Å². The van der Waals surface area contributed by atoms with Gasteiger partial charge in [0.15, 0.2) is 0 Å². The number of aryl methyl sites for hydroxylation is 3. The van der Waals surface area contributed by atoms with Crippen LogP contribution in [-0.4, -0.2) is 18.5 Å². The summed E-state index contributed by atoms with van der Waals surface area (Å²) in [6.45, 7) is 2.15. The van der Waals surface area contributed by atoms with Crippen LogP contribution in [0.3, 0.4) is 0 Å². The summed E-state index contributed by atoms with van der Waals surface area (Å²) in [6, 6.07) is 6.01. The predicted octanol–water partition coefficient (Wildman–Crippen LogP) is 5.32. The van der Waals surface area contributed by atoms with Gasteiger partial charge >= 0.3 is 5.97 Å². The van der Waals surface area contributed by atoms with E-state index in [0.29, 0.717) is 22.7 Å². The van der Waals surface area contributed by atoms with Gasteiger partial charge in [-0.25, -0.2) is 4.79 Å². The van der Waals surface area contributed by atoms with Gasteiger partial charge in [0, 0.05) is 10.4 Å². The number of carbonyl (C=O) groups excluding carboxylic acids is 2. The first-order valence-electron chi connectivity index (χ1n) is 10.4. The Bertz CT molecular complexity index is 899. The second-order valence-corrected chi connectivity index (χ2v) is 8.74. The molecular weight excluding hydrogens is 370 g/mol. The van der Waals surface area contributed by atoms with Crippen LogP contribution in [-0.2, 0) is 30.4 Å². The zero-order chi connectivity index (χ0) is 19.5. The highest BCUT2D eigenvalue weighted by atomic mass is 32.1. The van der Waals surface area contributed by atoms with Crippen molar-refractivity contribution < 1.29 is 14.3 Å². The molecule has 0 aliphatic heterocycles. The summed E-state index contributed by atoms with van der Waals surface area (Å²) in [6.07, 6.45) is 9.79. The Balaban J connectivity index is 1.63. The maximum Gasteiger partial charge on any atom is 0.341 e. The third kappa shape index (κ3) is 3.86. The molecule has 0 saturated heterocycles. The molecule has 0 spiro atoms. The molecule has 0 bridgehead atoms. The van der Waals surface area contributed by atoms with E-state index >= 15 is 0 Å². The van der Waals surface area contributed by atoms with Crippen LogP contribution in [0.4, 0.5) is 5.00 Å². The van der Waals surface area contributed by atoms with Crippen LogP contribution in [0, 0.1) is 0 Å². The summed E-state index contributed by atoms with van der Waals surface area (Å²) >= 11 is 1.55. The van der Waals surface area contributed by atoms with Crippen molar-refractivity contribution in [2.75, 3.05) is 11.9 Å². The van der Waals surface area contributed by atoms with Crippen molar-refractivity contribution in [3.63, 3.8) is 0 Å². The molecular formula is C23H27NO3S. The fraction of sp³-hybridized carbons (Fsp3) is 0.478. The molecule has 4 rings (SSSR count). The van der Waals surface area contributed by atoms with E-state index in [4.69, 9.17) is 4.74 Å². The van der Waals surface area contributed by atoms with E-state index in [9.17, 15) is 9.59 Å². The minimum Gasteiger partial charge on any atom is -0.462 e. The number of benzene rings is 1. The highest BCUT2D eigenvalue weighted by Gasteiger charge is 2.27. The first-order valence-corrected chi connectivity index (χ1v) is 11.2. The molecule has 1 aromatic carbocycles. The minimum absolute atomic E-state index is 0.143. The van der Waals surface area contributed by atoms with Crippen LogP contribution in [0.25, 0.3) is 0 Å². The van der Waals surface area contributed by atoms with Gasteiger partial charge in [0.25, 0.3) is 5.91 Å². The Morgan fingerprint density at radius 1 is 1.00 bits per heavy atom. The molecule has 2 aromatic rings. The quantitative estimate of drug-likeness (QED) is 0.561. The van der Waals surface area contributed by atoms with Crippen LogP contribution in [0.1, 0.15) is 81.3 Å². The van der Waals surface area contributed by atoms with Crippen molar-refractivity contribution in [3.8, 4) is 0 Å². The number of amides is 1. The lowest BCUT2D eigenvalue weighted by Gasteiger charge is -2.16. The number of carbonyl (C=O) groups is 2. The SMILES string of the molecule is CCOC(=O)c1c(NC(=O)c2ccc3c(c2)CCCC3)sc2c1CCCCC2. The van der Waals surface area contributed by atoms with Crippen LogP contribution in [0.5, 0.6) is 0 Å². The Morgan fingerprint density at radius 3 is 2.57 bits per heavy atom. The molecule has 1 N–H and O–H groups in total. The van der Waals surface area contributed by atoms with Crippen molar-refractivity contribution in [2.45, 2.75) is 64.7 Å². The molecule has 2 aliphatic carbocycles. The standard InChI is InChI=1S/C23H27NO3S/c1-2-27-23(26)20-18-10-4-3-5-11-19(18)28-22(20)24-21(25)17-13-12-15-8-6-7-9-16(15)14-17/h12-14H,2-11H2,1H3,(H,24,25). The van der Waals surface area contributed by atoms with Crippen molar-refractivity contribution in [2.24, 2.45) is 0 Å².